The molecule has 0 amide bonds. The Morgan fingerprint density at radius 1 is 0.941 bits per heavy atom. The minimum absolute atomic E-state index is 0.0453. The molecule has 1 aliphatic carbocycles. The van der Waals surface area contributed by atoms with Gasteiger partial charge in [0.25, 0.3) is 0 Å². The highest BCUT2D eigenvalue weighted by molar-refractivity contribution is 7.92. The molecule has 1 heterocycles. The maximum atomic E-state index is 13.4. The van der Waals surface area contributed by atoms with Gasteiger partial charge in [0.1, 0.15) is 11.0 Å². The topological polar surface area (TPSA) is 102 Å². The smallest absolute Gasteiger partial charge is 0.240 e. The van der Waals surface area contributed by atoms with E-state index in [-0.39, 0.29) is 22.4 Å². The highest BCUT2D eigenvalue weighted by atomic mass is 32.2. The van der Waals surface area contributed by atoms with Crippen molar-refractivity contribution in [1.82, 2.24) is 9.71 Å². The second-order valence-electron chi connectivity index (χ2n) is 8.48. The minimum atomic E-state index is -3.95. The van der Waals surface area contributed by atoms with E-state index < -0.39 is 25.1 Å². The molecule has 2 aromatic carbocycles. The minimum Gasteiger partial charge on any atom is -0.490 e. The number of rotatable bonds is 9. The molecule has 1 saturated carbocycles. The quantitative estimate of drug-likeness (QED) is 0.472. The lowest BCUT2D eigenvalue weighted by Crippen LogP contribution is -2.32. The van der Waals surface area contributed by atoms with Crippen LogP contribution in [0, 0.1) is 6.92 Å². The van der Waals surface area contributed by atoms with Gasteiger partial charge in [-0.15, -0.1) is 0 Å². The molecule has 0 aliphatic heterocycles. The van der Waals surface area contributed by atoms with Gasteiger partial charge < -0.3 is 4.74 Å². The molecule has 0 spiro atoms. The number of aromatic nitrogens is 1. The van der Waals surface area contributed by atoms with Gasteiger partial charge in [-0.25, -0.2) is 21.6 Å². The molecule has 9 heteroatoms. The summed E-state index contributed by atoms with van der Waals surface area (Å²) in [7, 11) is -7.83. The van der Waals surface area contributed by atoms with Gasteiger partial charge in [0, 0.05) is 18.9 Å². The number of nitrogens with zero attached hydrogens (tertiary/aromatic N) is 1. The van der Waals surface area contributed by atoms with Crippen molar-refractivity contribution in [2.75, 3.05) is 6.54 Å². The van der Waals surface area contributed by atoms with E-state index in [0.29, 0.717) is 11.3 Å². The summed E-state index contributed by atoms with van der Waals surface area (Å²) in [5, 5.41) is -1.14. The first-order chi connectivity index (χ1) is 16.3. The Morgan fingerprint density at radius 3 is 2.21 bits per heavy atom. The maximum absolute atomic E-state index is 13.4. The first-order valence-electron chi connectivity index (χ1n) is 11.2. The second kappa shape index (κ2) is 10.2. The molecule has 1 aliphatic rings. The maximum Gasteiger partial charge on any atom is 0.240 e. The van der Waals surface area contributed by atoms with Crippen LogP contribution in [-0.2, 0) is 19.9 Å². The van der Waals surface area contributed by atoms with E-state index >= 15 is 0 Å². The van der Waals surface area contributed by atoms with Crippen LogP contribution in [0.2, 0.25) is 0 Å². The molecular formula is C25H28N2O5S2. The zero-order valence-corrected chi connectivity index (χ0v) is 20.6. The number of sulfone groups is 1. The molecular weight excluding hydrogens is 472 g/mol. The Kier molecular flexibility index (Phi) is 7.35. The summed E-state index contributed by atoms with van der Waals surface area (Å²) in [4.78, 5) is 4.20. The predicted octanol–water partition coefficient (Wildman–Crippen LogP) is 4.20. The molecule has 3 aromatic rings. The Hall–Kier alpha value is -2.75. The molecule has 0 saturated heterocycles. The molecule has 4 rings (SSSR count). The number of nitrogens with one attached hydrogen (secondary N) is 1. The highest BCUT2D eigenvalue weighted by Crippen LogP contribution is 2.29. The van der Waals surface area contributed by atoms with Crippen molar-refractivity contribution in [3.8, 4) is 5.75 Å². The van der Waals surface area contributed by atoms with Gasteiger partial charge in [0.05, 0.1) is 15.9 Å². The monoisotopic (exact) mass is 500 g/mol. The molecule has 1 unspecified atom stereocenters. The van der Waals surface area contributed by atoms with Crippen LogP contribution in [0.15, 0.2) is 82.8 Å². The third-order valence-electron chi connectivity index (χ3n) is 5.98. The van der Waals surface area contributed by atoms with Crippen molar-refractivity contribution in [2.24, 2.45) is 0 Å². The van der Waals surface area contributed by atoms with Gasteiger partial charge in [-0.1, -0.05) is 23.8 Å². The Labute approximate surface area is 201 Å². The standard InChI is InChI=1S/C25H28N2O5S2/c1-19-8-12-23(13-9-19)33(28,29)25(20-5-4-16-26-17-20)18-27-34(30,31)24-14-10-22(11-15-24)32-21-6-2-3-7-21/h4-5,8-17,21,25,27H,2-3,6-7,18H2,1H3. The van der Waals surface area contributed by atoms with Crippen molar-refractivity contribution in [3.05, 3.63) is 84.2 Å². The lowest BCUT2D eigenvalue weighted by atomic mass is 10.2. The van der Waals surface area contributed by atoms with Crippen molar-refractivity contribution in [1.29, 1.82) is 0 Å². The van der Waals surface area contributed by atoms with Gasteiger partial charge in [-0.3, -0.25) is 4.98 Å². The fourth-order valence-corrected chi connectivity index (χ4v) is 6.83. The van der Waals surface area contributed by atoms with E-state index in [1.165, 1.54) is 30.5 Å². The van der Waals surface area contributed by atoms with Gasteiger partial charge in [-0.2, -0.15) is 0 Å². The molecule has 0 radical (unpaired) electrons. The van der Waals surface area contributed by atoms with Crippen LogP contribution >= 0.6 is 0 Å². The average molecular weight is 501 g/mol. The van der Waals surface area contributed by atoms with Gasteiger partial charge in [0.2, 0.25) is 10.0 Å². The third kappa shape index (κ3) is 5.65. The zero-order valence-electron chi connectivity index (χ0n) is 18.9. The largest absolute Gasteiger partial charge is 0.490 e. The van der Waals surface area contributed by atoms with Crippen LogP contribution in [0.4, 0.5) is 0 Å². The van der Waals surface area contributed by atoms with Crippen LogP contribution in [0.3, 0.4) is 0 Å². The lowest BCUT2D eigenvalue weighted by molar-refractivity contribution is 0.210. The molecule has 7 nitrogen and oxygen atoms in total. The van der Waals surface area contributed by atoms with Crippen LogP contribution in [-0.4, -0.2) is 34.5 Å². The molecule has 34 heavy (non-hydrogen) atoms. The number of aryl methyl sites for hydroxylation is 1. The Bertz CT molecular complexity index is 1300. The summed E-state index contributed by atoms with van der Waals surface area (Å²) >= 11 is 0. The molecule has 180 valence electrons. The third-order valence-corrected chi connectivity index (χ3v) is 9.53. The van der Waals surface area contributed by atoms with E-state index in [2.05, 4.69) is 9.71 Å². The zero-order chi connectivity index (χ0) is 24.2. The highest BCUT2D eigenvalue weighted by Gasteiger charge is 2.31. The van der Waals surface area contributed by atoms with E-state index in [1.54, 1.807) is 42.6 Å². The second-order valence-corrected chi connectivity index (χ2v) is 12.4. The number of hydrogen-bond acceptors (Lipinski definition) is 6. The fraction of sp³-hybridized carbons (Fsp3) is 0.320. The predicted molar refractivity (Wildman–Crippen MR) is 130 cm³/mol. The molecule has 1 N–H and O–H groups in total. The lowest BCUT2D eigenvalue weighted by Gasteiger charge is -2.19. The summed E-state index contributed by atoms with van der Waals surface area (Å²) in [6.07, 6.45) is 7.46. The molecule has 0 bridgehead atoms. The first kappa shape index (κ1) is 24.4. The summed E-state index contributed by atoms with van der Waals surface area (Å²) < 4.78 is 61.2. The van der Waals surface area contributed by atoms with Crippen LogP contribution in [0.5, 0.6) is 5.75 Å². The molecule has 1 fully saturated rings. The Morgan fingerprint density at radius 2 is 1.59 bits per heavy atom. The van der Waals surface area contributed by atoms with E-state index in [9.17, 15) is 16.8 Å². The number of benzene rings is 2. The van der Waals surface area contributed by atoms with Crippen LogP contribution < -0.4 is 9.46 Å². The van der Waals surface area contributed by atoms with Crippen molar-refractivity contribution >= 4 is 19.9 Å². The summed E-state index contributed by atoms with van der Waals surface area (Å²) in [6, 6.07) is 16.0. The first-order valence-corrected chi connectivity index (χ1v) is 14.3. The van der Waals surface area contributed by atoms with Gasteiger partial charge in [-0.05, 0) is 80.6 Å². The number of pyridine rings is 1. The van der Waals surface area contributed by atoms with Crippen molar-refractivity contribution in [3.63, 3.8) is 0 Å². The Balaban J connectivity index is 1.54. The normalized spacial score (nSPS) is 15.8. The molecule has 1 aromatic heterocycles. The van der Waals surface area contributed by atoms with Gasteiger partial charge >= 0.3 is 0 Å². The van der Waals surface area contributed by atoms with Gasteiger partial charge in [0.15, 0.2) is 9.84 Å². The van der Waals surface area contributed by atoms with E-state index in [1.807, 2.05) is 6.92 Å². The van der Waals surface area contributed by atoms with E-state index in [4.69, 9.17) is 4.74 Å². The summed E-state index contributed by atoms with van der Waals surface area (Å²) in [6.45, 7) is 1.54. The summed E-state index contributed by atoms with van der Waals surface area (Å²) in [5.41, 5.74) is 1.34. The van der Waals surface area contributed by atoms with Crippen LogP contribution in [0.1, 0.15) is 42.1 Å². The SMILES string of the molecule is Cc1ccc(S(=O)(=O)C(CNS(=O)(=O)c2ccc(OC3CCCC3)cc2)c2cccnc2)cc1. The van der Waals surface area contributed by atoms with Crippen LogP contribution in [0.25, 0.3) is 0 Å². The summed E-state index contributed by atoms with van der Waals surface area (Å²) in [5.74, 6) is 0.626. The number of sulfonamides is 1. The number of hydrogen-bond donors (Lipinski definition) is 1. The number of ether oxygens (including phenoxy) is 1. The van der Waals surface area contributed by atoms with Crippen molar-refractivity contribution in [2.45, 2.75) is 53.8 Å². The van der Waals surface area contributed by atoms with E-state index in [0.717, 1.165) is 31.2 Å². The average Bonchev–Trinajstić information content (AvgIpc) is 3.33. The fourth-order valence-electron chi connectivity index (χ4n) is 4.03. The van der Waals surface area contributed by atoms with Crippen molar-refractivity contribution < 1.29 is 21.6 Å². The molecule has 1 atom stereocenters.